The zero-order chi connectivity index (χ0) is 19.0. The molecule has 0 fully saturated rings. The Kier molecular flexibility index (Phi) is 4.40. The fourth-order valence-corrected chi connectivity index (χ4v) is 3.78. The van der Waals surface area contributed by atoms with Gasteiger partial charge in [0.1, 0.15) is 5.65 Å². The SMILES string of the molecule is CCc1c(-c2ccccc2)nc2c(c(C)c(C)n2Cc2ccccn2)c1N. The average Bonchev–Trinajstić information content (AvgIpc) is 2.94. The van der Waals surface area contributed by atoms with Crippen molar-refractivity contribution in [2.45, 2.75) is 33.7 Å². The Morgan fingerprint density at radius 2 is 1.74 bits per heavy atom. The molecule has 0 aliphatic carbocycles. The summed E-state index contributed by atoms with van der Waals surface area (Å²) in [5, 5.41) is 1.07. The molecule has 4 aromatic rings. The number of nitrogen functional groups attached to an aromatic ring is 1. The van der Waals surface area contributed by atoms with Crippen LogP contribution in [0.2, 0.25) is 0 Å². The second kappa shape index (κ2) is 6.88. The molecule has 0 radical (unpaired) electrons. The predicted octanol–water partition coefficient (Wildman–Crippen LogP) is 4.91. The van der Waals surface area contributed by atoms with Gasteiger partial charge in [0, 0.05) is 34.1 Å². The summed E-state index contributed by atoms with van der Waals surface area (Å²) in [5.41, 5.74) is 15.0. The maximum Gasteiger partial charge on any atom is 0.143 e. The molecule has 0 aliphatic heterocycles. The first-order valence-electron chi connectivity index (χ1n) is 9.34. The number of benzene rings is 1. The van der Waals surface area contributed by atoms with E-state index in [-0.39, 0.29) is 0 Å². The Labute approximate surface area is 159 Å². The molecule has 0 aliphatic rings. The van der Waals surface area contributed by atoms with E-state index in [4.69, 9.17) is 10.7 Å². The lowest BCUT2D eigenvalue weighted by Gasteiger charge is -2.14. The van der Waals surface area contributed by atoms with Crippen molar-refractivity contribution in [3.8, 4) is 11.3 Å². The smallest absolute Gasteiger partial charge is 0.143 e. The van der Waals surface area contributed by atoms with E-state index < -0.39 is 0 Å². The van der Waals surface area contributed by atoms with Crippen LogP contribution in [0.25, 0.3) is 22.3 Å². The number of aromatic nitrogens is 3. The Morgan fingerprint density at radius 1 is 1.00 bits per heavy atom. The summed E-state index contributed by atoms with van der Waals surface area (Å²) < 4.78 is 2.23. The number of anilines is 1. The molecule has 0 spiro atoms. The topological polar surface area (TPSA) is 56.7 Å². The highest BCUT2D eigenvalue weighted by atomic mass is 15.1. The van der Waals surface area contributed by atoms with Gasteiger partial charge in [-0.2, -0.15) is 0 Å². The number of nitrogens with two attached hydrogens (primary N) is 1. The van der Waals surface area contributed by atoms with Crippen LogP contribution in [-0.4, -0.2) is 14.5 Å². The Bertz CT molecular complexity index is 1100. The molecular weight excluding hydrogens is 332 g/mol. The molecule has 0 amide bonds. The molecule has 1 aromatic carbocycles. The number of fused-ring (bicyclic) bond motifs is 1. The molecule has 3 aromatic heterocycles. The van der Waals surface area contributed by atoms with Gasteiger partial charge in [-0.1, -0.05) is 43.3 Å². The Morgan fingerprint density at radius 3 is 2.41 bits per heavy atom. The molecule has 0 bridgehead atoms. The van der Waals surface area contributed by atoms with E-state index in [0.717, 1.165) is 45.7 Å². The van der Waals surface area contributed by atoms with Crippen molar-refractivity contribution in [1.29, 1.82) is 0 Å². The highest BCUT2D eigenvalue weighted by Crippen LogP contribution is 2.36. The third kappa shape index (κ3) is 2.87. The summed E-state index contributed by atoms with van der Waals surface area (Å²) in [6, 6.07) is 16.3. The summed E-state index contributed by atoms with van der Waals surface area (Å²) >= 11 is 0. The summed E-state index contributed by atoms with van der Waals surface area (Å²) in [6.07, 6.45) is 2.68. The van der Waals surface area contributed by atoms with E-state index in [9.17, 15) is 0 Å². The van der Waals surface area contributed by atoms with Crippen molar-refractivity contribution in [2.75, 3.05) is 5.73 Å². The van der Waals surface area contributed by atoms with Crippen molar-refractivity contribution < 1.29 is 0 Å². The molecule has 2 N–H and O–H groups in total. The van der Waals surface area contributed by atoms with Gasteiger partial charge in [-0.3, -0.25) is 4.98 Å². The molecule has 3 heterocycles. The van der Waals surface area contributed by atoms with Crippen molar-refractivity contribution in [2.24, 2.45) is 0 Å². The summed E-state index contributed by atoms with van der Waals surface area (Å²) in [4.78, 5) is 9.60. The van der Waals surface area contributed by atoms with Gasteiger partial charge in [0.05, 0.1) is 17.9 Å². The standard InChI is InChI=1S/C23H24N4/c1-4-19-21(24)20-15(2)16(3)27(14-18-12-8-9-13-25-18)23(20)26-22(19)17-10-6-5-7-11-17/h5-13H,4,14H2,1-3H3,(H2,24,26). The number of aryl methyl sites for hydroxylation is 1. The van der Waals surface area contributed by atoms with Gasteiger partial charge in [0.25, 0.3) is 0 Å². The minimum atomic E-state index is 0.684. The third-order valence-electron chi connectivity index (χ3n) is 5.35. The van der Waals surface area contributed by atoms with Gasteiger partial charge < -0.3 is 10.3 Å². The van der Waals surface area contributed by atoms with Crippen LogP contribution in [0.15, 0.2) is 54.7 Å². The first-order valence-corrected chi connectivity index (χ1v) is 9.34. The van der Waals surface area contributed by atoms with Crippen LogP contribution in [0.3, 0.4) is 0 Å². The lowest BCUT2D eigenvalue weighted by Crippen LogP contribution is -2.06. The van der Waals surface area contributed by atoms with Gasteiger partial charge in [0.2, 0.25) is 0 Å². The molecule has 0 unspecified atom stereocenters. The van der Waals surface area contributed by atoms with E-state index in [2.05, 4.69) is 42.5 Å². The molecule has 27 heavy (non-hydrogen) atoms. The van der Waals surface area contributed by atoms with Gasteiger partial charge in [-0.25, -0.2) is 4.98 Å². The fraction of sp³-hybridized carbons (Fsp3) is 0.217. The second-order valence-corrected chi connectivity index (χ2v) is 6.89. The fourth-order valence-electron chi connectivity index (χ4n) is 3.78. The number of hydrogen-bond acceptors (Lipinski definition) is 3. The first-order chi connectivity index (χ1) is 13.1. The van der Waals surface area contributed by atoms with Crippen LogP contribution in [0.1, 0.15) is 29.4 Å². The molecule has 4 nitrogen and oxygen atoms in total. The zero-order valence-corrected chi connectivity index (χ0v) is 16.0. The Hall–Kier alpha value is -3.14. The largest absolute Gasteiger partial charge is 0.398 e. The second-order valence-electron chi connectivity index (χ2n) is 6.89. The van der Waals surface area contributed by atoms with Crippen molar-refractivity contribution in [1.82, 2.24) is 14.5 Å². The lowest BCUT2D eigenvalue weighted by molar-refractivity contribution is 0.768. The molecule has 4 heteroatoms. The molecule has 0 atom stereocenters. The van der Waals surface area contributed by atoms with Crippen molar-refractivity contribution in [3.63, 3.8) is 0 Å². The maximum absolute atomic E-state index is 6.68. The minimum Gasteiger partial charge on any atom is -0.398 e. The van der Waals surface area contributed by atoms with Crippen LogP contribution in [-0.2, 0) is 13.0 Å². The number of hydrogen-bond donors (Lipinski definition) is 1. The monoisotopic (exact) mass is 356 g/mol. The van der Waals surface area contributed by atoms with E-state index in [0.29, 0.717) is 6.54 Å². The van der Waals surface area contributed by atoms with E-state index in [1.54, 1.807) is 0 Å². The molecular formula is C23H24N4. The normalized spacial score (nSPS) is 11.2. The lowest BCUT2D eigenvalue weighted by atomic mass is 9.99. The van der Waals surface area contributed by atoms with E-state index in [1.165, 1.54) is 11.3 Å². The van der Waals surface area contributed by atoms with Gasteiger partial charge >= 0.3 is 0 Å². The van der Waals surface area contributed by atoms with Gasteiger partial charge in [-0.15, -0.1) is 0 Å². The van der Waals surface area contributed by atoms with Crippen LogP contribution < -0.4 is 5.73 Å². The first kappa shape index (κ1) is 17.3. The average molecular weight is 356 g/mol. The summed E-state index contributed by atoms with van der Waals surface area (Å²) in [5.74, 6) is 0. The predicted molar refractivity (Wildman–Crippen MR) is 112 cm³/mol. The molecule has 0 saturated carbocycles. The van der Waals surface area contributed by atoms with Crippen LogP contribution in [0.4, 0.5) is 5.69 Å². The molecule has 0 saturated heterocycles. The molecule has 136 valence electrons. The van der Waals surface area contributed by atoms with Crippen molar-refractivity contribution >= 4 is 16.7 Å². The summed E-state index contributed by atoms with van der Waals surface area (Å²) in [7, 11) is 0. The van der Waals surface area contributed by atoms with Gasteiger partial charge in [-0.05, 0) is 38.0 Å². The number of rotatable bonds is 4. The minimum absolute atomic E-state index is 0.684. The van der Waals surface area contributed by atoms with E-state index in [1.807, 2.05) is 42.6 Å². The van der Waals surface area contributed by atoms with Crippen LogP contribution in [0, 0.1) is 13.8 Å². The van der Waals surface area contributed by atoms with Crippen LogP contribution in [0.5, 0.6) is 0 Å². The quantitative estimate of drug-likeness (QED) is 0.565. The van der Waals surface area contributed by atoms with Gasteiger partial charge in [0.15, 0.2) is 0 Å². The highest BCUT2D eigenvalue weighted by molar-refractivity contribution is 5.97. The van der Waals surface area contributed by atoms with Crippen molar-refractivity contribution in [3.05, 3.63) is 77.2 Å². The Balaban J connectivity index is 2.00. The van der Waals surface area contributed by atoms with Crippen LogP contribution >= 0.6 is 0 Å². The summed E-state index contributed by atoms with van der Waals surface area (Å²) in [6.45, 7) is 7.08. The maximum atomic E-state index is 6.68. The third-order valence-corrected chi connectivity index (χ3v) is 5.35. The zero-order valence-electron chi connectivity index (χ0n) is 16.0. The highest BCUT2D eigenvalue weighted by Gasteiger charge is 2.20. The number of nitrogens with zero attached hydrogens (tertiary/aromatic N) is 3. The van der Waals surface area contributed by atoms with E-state index >= 15 is 0 Å². The number of pyridine rings is 2. The molecule has 4 rings (SSSR count).